The first-order valence-electron chi connectivity index (χ1n) is 6.16. The van der Waals surface area contributed by atoms with Gasteiger partial charge in [-0.05, 0) is 24.1 Å². The van der Waals surface area contributed by atoms with Crippen molar-refractivity contribution in [3.8, 4) is 0 Å². The second-order valence-corrected chi connectivity index (χ2v) is 6.52. The van der Waals surface area contributed by atoms with E-state index in [0.29, 0.717) is 11.3 Å². The van der Waals surface area contributed by atoms with E-state index in [1.54, 1.807) is 12.1 Å². The van der Waals surface area contributed by atoms with Gasteiger partial charge in [0.25, 0.3) is 10.0 Å². The van der Waals surface area contributed by atoms with Gasteiger partial charge in [0.2, 0.25) is 0 Å². The van der Waals surface area contributed by atoms with E-state index in [1.165, 1.54) is 17.5 Å². The fourth-order valence-electron chi connectivity index (χ4n) is 1.84. The number of hydrogen-bond donors (Lipinski definition) is 1. The summed E-state index contributed by atoms with van der Waals surface area (Å²) in [6, 6.07) is 7.40. The van der Waals surface area contributed by atoms with Gasteiger partial charge < -0.3 is 0 Å². The molecule has 7 heteroatoms. The highest BCUT2D eigenvalue weighted by Gasteiger charge is 2.25. The van der Waals surface area contributed by atoms with Gasteiger partial charge in [0.05, 0.1) is 17.8 Å². The Morgan fingerprint density at radius 2 is 1.95 bits per heavy atom. The van der Waals surface area contributed by atoms with Crippen LogP contribution in [0.15, 0.2) is 35.5 Å². The highest BCUT2D eigenvalue weighted by Crippen LogP contribution is 2.24. The predicted molar refractivity (Wildman–Crippen MR) is 79.6 cm³/mol. The van der Waals surface area contributed by atoms with Crippen LogP contribution in [0.3, 0.4) is 0 Å². The maximum Gasteiger partial charge on any atom is 0.281 e. The molecule has 0 aliphatic heterocycles. The van der Waals surface area contributed by atoms with Gasteiger partial charge in [-0.25, -0.2) is 0 Å². The number of aromatic amines is 1. The van der Waals surface area contributed by atoms with Gasteiger partial charge in [0.1, 0.15) is 0 Å². The first kappa shape index (κ1) is 14.9. The van der Waals surface area contributed by atoms with Crippen LogP contribution < -0.4 is 4.31 Å². The lowest BCUT2D eigenvalue weighted by Crippen LogP contribution is -2.27. The Morgan fingerprint density at radius 1 is 1.30 bits per heavy atom. The van der Waals surface area contributed by atoms with Crippen LogP contribution in [0.5, 0.6) is 0 Å². The van der Waals surface area contributed by atoms with Crippen LogP contribution >= 0.6 is 11.6 Å². The van der Waals surface area contributed by atoms with Crippen molar-refractivity contribution < 1.29 is 8.42 Å². The molecule has 0 atom stereocenters. The number of halogens is 1. The largest absolute Gasteiger partial charge is 0.281 e. The van der Waals surface area contributed by atoms with E-state index in [4.69, 9.17) is 11.6 Å². The summed E-state index contributed by atoms with van der Waals surface area (Å²) in [6.07, 6.45) is 2.33. The molecule has 108 valence electrons. The van der Waals surface area contributed by atoms with Crippen LogP contribution in [0.2, 0.25) is 0 Å². The normalized spacial score (nSPS) is 11.6. The molecule has 1 aromatic carbocycles. The summed E-state index contributed by atoms with van der Waals surface area (Å²) in [7, 11) is -2.17. The van der Waals surface area contributed by atoms with Gasteiger partial charge in [-0.3, -0.25) is 9.40 Å². The molecule has 0 unspecified atom stereocenters. The maximum atomic E-state index is 12.5. The quantitative estimate of drug-likeness (QED) is 0.863. The fourth-order valence-corrected chi connectivity index (χ4v) is 3.41. The zero-order valence-electron chi connectivity index (χ0n) is 11.3. The minimum atomic E-state index is -3.68. The summed E-state index contributed by atoms with van der Waals surface area (Å²) in [5.74, 6) is 0.0909. The predicted octanol–water partition coefficient (Wildman–Crippen LogP) is 2.54. The van der Waals surface area contributed by atoms with Crippen LogP contribution in [0.25, 0.3) is 0 Å². The summed E-state index contributed by atoms with van der Waals surface area (Å²) in [5, 5.41) is 6.29. The molecular weight excluding hydrogens is 298 g/mol. The lowest BCUT2D eigenvalue weighted by atomic mass is 10.1. The van der Waals surface area contributed by atoms with Gasteiger partial charge in [0, 0.05) is 12.6 Å². The van der Waals surface area contributed by atoms with Crippen LogP contribution in [0.1, 0.15) is 18.1 Å². The summed E-state index contributed by atoms with van der Waals surface area (Å²) >= 11 is 5.73. The molecule has 0 saturated carbocycles. The molecule has 0 spiro atoms. The van der Waals surface area contributed by atoms with Gasteiger partial charge >= 0.3 is 0 Å². The van der Waals surface area contributed by atoms with Crippen LogP contribution in [0.4, 0.5) is 5.69 Å². The first-order valence-corrected chi connectivity index (χ1v) is 8.14. The smallest absolute Gasteiger partial charge is 0.268 e. The monoisotopic (exact) mass is 313 g/mol. The lowest BCUT2D eigenvalue weighted by Gasteiger charge is -2.19. The average Bonchev–Trinajstić information content (AvgIpc) is 2.95. The zero-order chi connectivity index (χ0) is 14.8. The van der Waals surface area contributed by atoms with Crippen molar-refractivity contribution in [2.75, 3.05) is 11.4 Å². The number of nitrogens with zero attached hydrogens (tertiary/aromatic N) is 2. The summed E-state index contributed by atoms with van der Waals surface area (Å²) in [4.78, 5) is 0. The number of H-pyrrole nitrogens is 1. The van der Waals surface area contributed by atoms with E-state index < -0.39 is 10.0 Å². The molecule has 0 saturated heterocycles. The summed E-state index contributed by atoms with van der Waals surface area (Å²) < 4.78 is 26.3. The SMILES string of the molecule is CCc1ccc(N(C)S(=O)(=O)c2[nH]ncc2CCl)cc1. The molecule has 5 nitrogen and oxygen atoms in total. The van der Waals surface area contributed by atoms with E-state index >= 15 is 0 Å². The second kappa shape index (κ2) is 5.85. The second-order valence-electron chi connectivity index (χ2n) is 4.35. The number of sulfonamides is 1. The third kappa shape index (κ3) is 2.66. The fraction of sp³-hybridized carbons (Fsp3) is 0.308. The van der Waals surface area contributed by atoms with E-state index in [-0.39, 0.29) is 10.9 Å². The summed E-state index contributed by atoms with van der Waals surface area (Å²) in [6.45, 7) is 2.05. The van der Waals surface area contributed by atoms with Gasteiger partial charge in [-0.2, -0.15) is 13.5 Å². The lowest BCUT2D eigenvalue weighted by molar-refractivity contribution is 0.589. The molecule has 0 radical (unpaired) electrons. The number of nitrogens with one attached hydrogen (secondary N) is 1. The molecule has 1 aromatic heterocycles. The Balaban J connectivity index is 2.38. The average molecular weight is 314 g/mol. The van der Waals surface area contributed by atoms with Crippen molar-refractivity contribution in [1.29, 1.82) is 0 Å². The van der Waals surface area contributed by atoms with Crippen molar-refractivity contribution >= 4 is 27.3 Å². The summed E-state index contributed by atoms with van der Waals surface area (Å²) in [5.41, 5.74) is 2.21. The van der Waals surface area contributed by atoms with Crippen LogP contribution in [-0.2, 0) is 22.3 Å². The maximum absolute atomic E-state index is 12.5. The molecule has 1 N–H and O–H groups in total. The van der Waals surface area contributed by atoms with E-state index in [2.05, 4.69) is 10.2 Å². The molecule has 2 aromatic rings. The number of hydrogen-bond acceptors (Lipinski definition) is 3. The Morgan fingerprint density at radius 3 is 2.50 bits per heavy atom. The number of rotatable bonds is 5. The molecule has 1 heterocycles. The third-order valence-electron chi connectivity index (χ3n) is 3.15. The van der Waals surface area contributed by atoms with Crippen LogP contribution in [0, 0.1) is 0 Å². The number of anilines is 1. The Hall–Kier alpha value is -1.53. The molecule has 0 aliphatic rings. The Kier molecular flexibility index (Phi) is 4.35. The van der Waals surface area contributed by atoms with Gasteiger partial charge in [0.15, 0.2) is 5.03 Å². The van der Waals surface area contributed by atoms with Crippen LogP contribution in [-0.4, -0.2) is 25.7 Å². The minimum Gasteiger partial charge on any atom is -0.268 e. The molecule has 0 fully saturated rings. The highest BCUT2D eigenvalue weighted by molar-refractivity contribution is 7.92. The molecule has 20 heavy (non-hydrogen) atoms. The van der Waals surface area contributed by atoms with Crippen molar-refractivity contribution in [3.05, 3.63) is 41.6 Å². The van der Waals surface area contributed by atoms with Crippen molar-refractivity contribution in [2.24, 2.45) is 0 Å². The van der Waals surface area contributed by atoms with Crippen molar-refractivity contribution in [1.82, 2.24) is 10.2 Å². The number of aromatic nitrogens is 2. The first-order chi connectivity index (χ1) is 9.50. The van der Waals surface area contributed by atoms with E-state index in [1.807, 2.05) is 19.1 Å². The van der Waals surface area contributed by atoms with E-state index in [9.17, 15) is 8.42 Å². The molecule has 0 amide bonds. The third-order valence-corrected chi connectivity index (χ3v) is 5.24. The van der Waals surface area contributed by atoms with Crippen molar-refractivity contribution in [3.63, 3.8) is 0 Å². The Bertz CT molecular complexity index is 680. The number of alkyl halides is 1. The standard InChI is InChI=1S/C13H16ClN3O2S/c1-3-10-4-6-12(7-5-10)17(2)20(18,19)13-11(8-14)9-15-16-13/h4-7,9H,3,8H2,1-2H3,(H,15,16). The molecule has 0 bridgehead atoms. The highest BCUT2D eigenvalue weighted by atomic mass is 35.5. The van der Waals surface area contributed by atoms with Gasteiger partial charge in [-0.15, -0.1) is 11.6 Å². The number of benzene rings is 1. The zero-order valence-corrected chi connectivity index (χ0v) is 12.9. The molecular formula is C13H16ClN3O2S. The van der Waals surface area contributed by atoms with E-state index in [0.717, 1.165) is 12.0 Å². The minimum absolute atomic E-state index is 0.0366. The number of aryl methyl sites for hydroxylation is 1. The van der Waals surface area contributed by atoms with Gasteiger partial charge in [-0.1, -0.05) is 19.1 Å². The Labute approximate surface area is 123 Å². The van der Waals surface area contributed by atoms with Crippen molar-refractivity contribution in [2.45, 2.75) is 24.3 Å². The topological polar surface area (TPSA) is 66.1 Å². The molecule has 2 rings (SSSR count). The molecule has 0 aliphatic carbocycles.